The minimum absolute atomic E-state index is 0.106. The highest BCUT2D eigenvalue weighted by Gasteiger charge is 2.33. The fraction of sp³-hybridized carbons (Fsp3) is 0.182. The Labute approximate surface area is 104 Å². The van der Waals surface area contributed by atoms with Crippen LogP contribution in [0.2, 0.25) is 5.02 Å². The van der Waals surface area contributed by atoms with Crippen LogP contribution in [0.25, 0.3) is 10.9 Å². The number of rotatable bonds is 1. The molecule has 0 saturated heterocycles. The highest BCUT2D eigenvalue weighted by atomic mass is 35.5. The molecule has 2 nitrogen and oxygen atoms in total. The molecule has 2 rings (SSSR count). The Bertz CT molecular complexity index is 612. The lowest BCUT2D eigenvalue weighted by Gasteiger charge is -2.10. The minimum atomic E-state index is -4.63. The molecular weight excluding hydrogens is 274 g/mol. The Balaban J connectivity index is 2.74. The summed E-state index contributed by atoms with van der Waals surface area (Å²) >= 11 is 5.73. The van der Waals surface area contributed by atoms with Crippen molar-refractivity contribution in [2.45, 2.75) is 6.18 Å². The Morgan fingerprint density at radius 3 is 2.44 bits per heavy atom. The smallest absolute Gasteiger partial charge is 0.433 e. The van der Waals surface area contributed by atoms with Gasteiger partial charge in [0.15, 0.2) is 11.6 Å². The Morgan fingerprint density at radius 1 is 1.22 bits per heavy atom. The quantitative estimate of drug-likeness (QED) is 0.735. The van der Waals surface area contributed by atoms with Gasteiger partial charge in [0.05, 0.1) is 17.6 Å². The average molecular weight is 280 g/mol. The van der Waals surface area contributed by atoms with E-state index in [1.165, 1.54) is 13.2 Å². The van der Waals surface area contributed by atoms with Gasteiger partial charge in [0.2, 0.25) is 0 Å². The van der Waals surface area contributed by atoms with Crippen LogP contribution in [-0.2, 0) is 6.18 Å². The van der Waals surface area contributed by atoms with E-state index in [1.54, 1.807) is 0 Å². The maximum absolute atomic E-state index is 13.4. The van der Waals surface area contributed by atoms with Crippen LogP contribution in [0.4, 0.5) is 17.6 Å². The second-order valence-corrected chi connectivity index (χ2v) is 3.90. The molecule has 0 aliphatic heterocycles. The molecule has 7 heteroatoms. The van der Waals surface area contributed by atoms with Crippen molar-refractivity contribution in [1.29, 1.82) is 0 Å². The van der Waals surface area contributed by atoms with Crippen molar-refractivity contribution < 1.29 is 22.3 Å². The first-order valence-corrected chi connectivity index (χ1v) is 5.11. The summed E-state index contributed by atoms with van der Waals surface area (Å²) in [5.41, 5.74) is -1.34. The van der Waals surface area contributed by atoms with Crippen LogP contribution in [0.1, 0.15) is 5.69 Å². The number of hydrogen-bond acceptors (Lipinski definition) is 2. The van der Waals surface area contributed by atoms with Crippen LogP contribution in [0, 0.1) is 5.82 Å². The number of fused-ring (bicyclic) bond motifs is 1. The molecule has 0 amide bonds. The van der Waals surface area contributed by atoms with Crippen LogP contribution in [0.15, 0.2) is 18.2 Å². The number of methoxy groups -OCH3 is 1. The number of ether oxygens (including phenoxy) is 1. The van der Waals surface area contributed by atoms with Crippen LogP contribution in [0.3, 0.4) is 0 Å². The number of hydrogen-bond donors (Lipinski definition) is 0. The van der Waals surface area contributed by atoms with Gasteiger partial charge < -0.3 is 4.74 Å². The zero-order chi connectivity index (χ0) is 13.5. The van der Waals surface area contributed by atoms with Crippen LogP contribution in [0.5, 0.6) is 5.75 Å². The molecule has 0 unspecified atom stereocenters. The Morgan fingerprint density at radius 2 is 1.89 bits per heavy atom. The summed E-state index contributed by atoms with van der Waals surface area (Å²) in [7, 11) is 1.25. The lowest BCUT2D eigenvalue weighted by Crippen LogP contribution is -2.08. The van der Waals surface area contributed by atoms with Gasteiger partial charge in [-0.3, -0.25) is 0 Å². The lowest BCUT2D eigenvalue weighted by atomic mass is 10.2. The van der Waals surface area contributed by atoms with Gasteiger partial charge in [-0.05, 0) is 12.1 Å². The van der Waals surface area contributed by atoms with Crippen LogP contribution in [-0.4, -0.2) is 12.1 Å². The zero-order valence-corrected chi connectivity index (χ0v) is 9.73. The molecule has 1 aromatic heterocycles. The van der Waals surface area contributed by atoms with E-state index >= 15 is 0 Å². The molecule has 1 aromatic carbocycles. The summed E-state index contributed by atoms with van der Waals surface area (Å²) in [6.07, 6.45) is -4.63. The predicted molar refractivity (Wildman–Crippen MR) is 58.3 cm³/mol. The number of pyridine rings is 1. The summed E-state index contributed by atoms with van der Waals surface area (Å²) in [4.78, 5) is 3.34. The second kappa shape index (κ2) is 4.28. The molecule has 0 bridgehead atoms. The third-order valence-corrected chi connectivity index (χ3v) is 2.63. The van der Waals surface area contributed by atoms with Crippen molar-refractivity contribution in [3.05, 3.63) is 34.7 Å². The molecule has 0 saturated carbocycles. The van der Waals surface area contributed by atoms with E-state index in [2.05, 4.69) is 4.98 Å². The zero-order valence-electron chi connectivity index (χ0n) is 8.98. The second-order valence-electron chi connectivity index (χ2n) is 3.49. The molecule has 0 atom stereocenters. The van der Waals surface area contributed by atoms with Gasteiger partial charge in [0, 0.05) is 11.5 Å². The van der Waals surface area contributed by atoms with Crippen molar-refractivity contribution in [2.24, 2.45) is 0 Å². The van der Waals surface area contributed by atoms with E-state index in [0.29, 0.717) is 6.07 Å². The molecule has 0 spiro atoms. The molecule has 96 valence electrons. The number of benzene rings is 1. The molecule has 0 N–H and O–H groups in total. The van der Waals surface area contributed by atoms with E-state index in [9.17, 15) is 17.6 Å². The van der Waals surface area contributed by atoms with Crippen molar-refractivity contribution in [2.75, 3.05) is 7.11 Å². The normalized spacial score (nSPS) is 11.9. The van der Waals surface area contributed by atoms with E-state index < -0.39 is 17.7 Å². The summed E-state index contributed by atoms with van der Waals surface area (Å²) in [6, 6.07) is 2.76. The van der Waals surface area contributed by atoms with E-state index in [-0.39, 0.29) is 21.7 Å². The van der Waals surface area contributed by atoms with Crippen molar-refractivity contribution in [3.8, 4) is 5.75 Å². The predicted octanol–water partition coefficient (Wildman–Crippen LogP) is 4.05. The van der Waals surface area contributed by atoms with Crippen molar-refractivity contribution in [1.82, 2.24) is 4.98 Å². The maximum Gasteiger partial charge on any atom is 0.433 e. The van der Waals surface area contributed by atoms with Gasteiger partial charge in [0.1, 0.15) is 5.69 Å². The molecule has 0 fully saturated rings. The monoisotopic (exact) mass is 279 g/mol. The van der Waals surface area contributed by atoms with Gasteiger partial charge in [-0.2, -0.15) is 13.2 Å². The standard InChI is InChI=1S/C11H6ClF4NO/c1-18-9-2-5-6(12)3-10(11(14,15)16)17-8(5)4-7(9)13/h2-4H,1H3. The van der Waals surface area contributed by atoms with Gasteiger partial charge >= 0.3 is 6.18 Å². The van der Waals surface area contributed by atoms with E-state index in [0.717, 1.165) is 6.07 Å². The third kappa shape index (κ3) is 2.20. The number of alkyl halides is 3. The lowest BCUT2D eigenvalue weighted by molar-refractivity contribution is -0.140. The Hall–Kier alpha value is -1.56. The van der Waals surface area contributed by atoms with Gasteiger partial charge in [-0.25, -0.2) is 9.37 Å². The fourth-order valence-electron chi connectivity index (χ4n) is 1.49. The maximum atomic E-state index is 13.4. The van der Waals surface area contributed by atoms with Gasteiger partial charge in [0.25, 0.3) is 0 Å². The summed E-state index contributed by atoms with van der Waals surface area (Å²) in [5, 5.41) is 0.0357. The van der Waals surface area contributed by atoms with Crippen molar-refractivity contribution in [3.63, 3.8) is 0 Å². The summed E-state index contributed by atoms with van der Waals surface area (Å²) < 4.78 is 55.6. The van der Waals surface area contributed by atoms with E-state index in [4.69, 9.17) is 16.3 Å². The molecule has 1 heterocycles. The van der Waals surface area contributed by atoms with Gasteiger partial charge in [-0.1, -0.05) is 11.6 Å². The molecule has 0 radical (unpaired) electrons. The van der Waals surface area contributed by atoms with Crippen molar-refractivity contribution >= 4 is 22.5 Å². The Kier molecular flexibility index (Phi) is 3.06. The first-order chi connectivity index (χ1) is 8.32. The number of aromatic nitrogens is 1. The van der Waals surface area contributed by atoms with E-state index in [1.807, 2.05) is 0 Å². The highest BCUT2D eigenvalue weighted by molar-refractivity contribution is 6.35. The summed E-state index contributed by atoms with van der Waals surface area (Å²) in [5.74, 6) is -0.904. The fourth-order valence-corrected chi connectivity index (χ4v) is 1.74. The minimum Gasteiger partial charge on any atom is -0.494 e. The highest BCUT2D eigenvalue weighted by Crippen LogP contribution is 2.34. The van der Waals surface area contributed by atoms with Crippen LogP contribution < -0.4 is 4.74 Å². The molecule has 0 aliphatic rings. The van der Waals surface area contributed by atoms with Gasteiger partial charge in [-0.15, -0.1) is 0 Å². The largest absolute Gasteiger partial charge is 0.494 e. The number of halogens is 5. The molecule has 18 heavy (non-hydrogen) atoms. The third-order valence-electron chi connectivity index (χ3n) is 2.32. The summed E-state index contributed by atoms with van der Waals surface area (Å²) in [6.45, 7) is 0. The molecule has 0 aliphatic carbocycles. The number of nitrogens with zero attached hydrogens (tertiary/aromatic N) is 1. The molecule has 2 aromatic rings. The average Bonchev–Trinajstić information content (AvgIpc) is 2.26. The first-order valence-electron chi connectivity index (χ1n) is 4.74. The van der Waals surface area contributed by atoms with Crippen LogP contribution >= 0.6 is 11.6 Å². The molecular formula is C11H6ClF4NO. The topological polar surface area (TPSA) is 22.1 Å². The first kappa shape index (κ1) is 12.9. The SMILES string of the molecule is COc1cc2c(Cl)cc(C(F)(F)F)nc2cc1F.